The van der Waals surface area contributed by atoms with E-state index in [9.17, 15) is 9.18 Å². The maximum atomic E-state index is 12.8. The zero-order valence-corrected chi connectivity index (χ0v) is 8.72. The molecule has 1 aromatic carbocycles. The molecule has 0 bridgehead atoms. The minimum Gasteiger partial charge on any atom is -0.338 e. The maximum Gasteiger partial charge on any atom is 0.315 e. The molecular formula is C11H15FN2O. The summed E-state index contributed by atoms with van der Waals surface area (Å²) in [6.45, 7) is 2.97. The van der Waals surface area contributed by atoms with Crippen LogP contribution < -0.4 is 10.6 Å². The molecule has 2 amide bonds. The van der Waals surface area contributed by atoms with Crippen LogP contribution in [-0.4, -0.2) is 12.6 Å². The SMILES string of the molecule is CCCNC(=O)NCc1cccc(F)c1. The topological polar surface area (TPSA) is 41.1 Å². The third-order valence-electron chi connectivity index (χ3n) is 1.88. The van der Waals surface area contributed by atoms with Crippen LogP contribution in [0, 0.1) is 5.82 Å². The van der Waals surface area contributed by atoms with E-state index in [2.05, 4.69) is 10.6 Å². The van der Waals surface area contributed by atoms with Crippen molar-refractivity contribution in [3.05, 3.63) is 35.6 Å². The number of rotatable bonds is 4. The highest BCUT2D eigenvalue weighted by Crippen LogP contribution is 2.02. The van der Waals surface area contributed by atoms with Gasteiger partial charge in [0.1, 0.15) is 5.82 Å². The molecule has 2 N–H and O–H groups in total. The highest BCUT2D eigenvalue weighted by Gasteiger charge is 1.99. The summed E-state index contributed by atoms with van der Waals surface area (Å²) in [5.41, 5.74) is 0.752. The molecule has 0 spiro atoms. The molecule has 0 aliphatic heterocycles. The van der Waals surface area contributed by atoms with Gasteiger partial charge in [0.05, 0.1) is 0 Å². The molecule has 82 valence electrons. The highest BCUT2D eigenvalue weighted by molar-refractivity contribution is 5.73. The molecule has 0 saturated carbocycles. The van der Waals surface area contributed by atoms with Gasteiger partial charge in [0.15, 0.2) is 0 Å². The first kappa shape index (κ1) is 11.5. The second-order valence-electron chi connectivity index (χ2n) is 3.24. The predicted molar refractivity (Wildman–Crippen MR) is 56.9 cm³/mol. The first-order valence-electron chi connectivity index (χ1n) is 4.98. The van der Waals surface area contributed by atoms with Gasteiger partial charge in [-0.15, -0.1) is 0 Å². The Bertz CT molecular complexity index is 328. The molecule has 3 nitrogen and oxygen atoms in total. The number of carbonyl (C=O) groups excluding carboxylic acids is 1. The zero-order valence-electron chi connectivity index (χ0n) is 8.72. The Morgan fingerprint density at radius 3 is 2.87 bits per heavy atom. The Kier molecular flexibility index (Phi) is 4.60. The summed E-state index contributed by atoms with van der Waals surface area (Å²) in [5, 5.41) is 5.32. The molecule has 0 fully saturated rings. The minimum atomic E-state index is -0.289. The normalized spacial score (nSPS) is 9.73. The standard InChI is InChI=1S/C11H15FN2O/c1-2-6-13-11(15)14-8-9-4-3-5-10(12)7-9/h3-5,7H,2,6,8H2,1H3,(H2,13,14,15). The van der Waals surface area contributed by atoms with E-state index in [1.54, 1.807) is 12.1 Å². The third kappa shape index (κ3) is 4.44. The van der Waals surface area contributed by atoms with Gasteiger partial charge in [0, 0.05) is 13.1 Å². The van der Waals surface area contributed by atoms with Gasteiger partial charge >= 0.3 is 6.03 Å². The Hall–Kier alpha value is -1.58. The van der Waals surface area contributed by atoms with Crippen LogP contribution in [0.3, 0.4) is 0 Å². The van der Waals surface area contributed by atoms with Gasteiger partial charge in [-0.05, 0) is 24.1 Å². The first-order valence-corrected chi connectivity index (χ1v) is 4.98. The van der Waals surface area contributed by atoms with E-state index < -0.39 is 0 Å². The van der Waals surface area contributed by atoms with Gasteiger partial charge in [0.25, 0.3) is 0 Å². The van der Waals surface area contributed by atoms with Crippen molar-refractivity contribution in [2.24, 2.45) is 0 Å². The molecule has 1 aromatic rings. The van der Waals surface area contributed by atoms with E-state index >= 15 is 0 Å². The van der Waals surface area contributed by atoms with Gasteiger partial charge in [-0.3, -0.25) is 0 Å². The number of amides is 2. The maximum absolute atomic E-state index is 12.8. The van der Waals surface area contributed by atoms with Crippen molar-refractivity contribution in [1.82, 2.24) is 10.6 Å². The summed E-state index contributed by atoms with van der Waals surface area (Å²) in [5.74, 6) is -0.289. The summed E-state index contributed by atoms with van der Waals surface area (Å²) in [7, 11) is 0. The number of nitrogens with one attached hydrogen (secondary N) is 2. The van der Waals surface area contributed by atoms with Crippen LogP contribution in [0.15, 0.2) is 24.3 Å². The van der Waals surface area contributed by atoms with Crippen LogP contribution in [0.5, 0.6) is 0 Å². The Morgan fingerprint density at radius 1 is 1.40 bits per heavy atom. The van der Waals surface area contributed by atoms with Crippen LogP contribution in [0.25, 0.3) is 0 Å². The Labute approximate surface area is 88.7 Å². The number of halogens is 1. The molecule has 0 saturated heterocycles. The van der Waals surface area contributed by atoms with Gasteiger partial charge in [-0.25, -0.2) is 9.18 Å². The van der Waals surface area contributed by atoms with Crippen molar-refractivity contribution in [1.29, 1.82) is 0 Å². The molecule has 0 aliphatic carbocycles. The quantitative estimate of drug-likeness (QED) is 0.784. The molecule has 0 atom stereocenters. The molecule has 0 aromatic heterocycles. The monoisotopic (exact) mass is 210 g/mol. The largest absolute Gasteiger partial charge is 0.338 e. The molecule has 15 heavy (non-hydrogen) atoms. The van der Waals surface area contributed by atoms with Crippen LogP contribution in [0.1, 0.15) is 18.9 Å². The van der Waals surface area contributed by atoms with E-state index in [-0.39, 0.29) is 11.8 Å². The van der Waals surface area contributed by atoms with Crippen LogP contribution in [0.4, 0.5) is 9.18 Å². The summed E-state index contributed by atoms with van der Waals surface area (Å²) >= 11 is 0. The fraction of sp³-hybridized carbons (Fsp3) is 0.364. The molecule has 0 unspecified atom stereocenters. The molecule has 1 rings (SSSR count). The van der Waals surface area contributed by atoms with E-state index in [1.807, 2.05) is 6.92 Å². The van der Waals surface area contributed by atoms with Crippen LogP contribution in [-0.2, 0) is 6.54 Å². The minimum absolute atomic E-state index is 0.221. The van der Waals surface area contributed by atoms with Gasteiger partial charge in [-0.1, -0.05) is 19.1 Å². The lowest BCUT2D eigenvalue weighted by atomic mass is 10.2. The van der Waals surface area contributed by atoms with E-state index in [0.717, 1.165) is 12.0 Å². The molecule has 0 heterocycles. The number of hydrogen-bond donors (Lipinski definition) is 2. The predicted octanol–water partition coefficient (Wildman–Crippen LogP) is 2.03. The third-order valence-corrected chi connectivity index (χ3v) is 1.88. The van der Waals surface area contributed by atoms with E-state index in [0.29, 0.717) is 13.1 Å². The van der Waals surface area contributed by atoms with Crippen molar-refractivity contribution in [3.63, 3.8) is 0 Å². The lowest BCUT2D eigenvalue weighted by molar-refractivity contribution is 0.240. The zero-order chi connectivity index (χ0) is 11.1. The number of benzene rings is 1. The van der Waals surface area contributed by atoms with Crippen LogP contribution >= 0.6 is 0 Å². The summed E-state index contributed by atoms with van der Waals surface area (Å²) in [6, 6.07) is 5.95. The Morgan fingerprint density at radius 2 is 2.20 bits per heavy atom. The van der Waals surface area contributed by atoms with Crippen molar-refractivity contribution < 1.29 is 9.18 Å². The van der Waals surface area contributed by atoms with Crippen molar-refractivity contribution in [2.45, 2.75) is 19.9 Å². The number of urea groups is 1. The smallest absolute Gasteiger partial charge is 0.315 e. The lowest BCUT2D eigenvalue weighted by Crippen LogP contribution is -2.35. The second-order valence-corrected chi connectivity index (χ2v) is 3.24. The van der Waals surface area contributed by atoms with Crippen molar-refractivity contribution in [2.75, 3.05) is 6.54 Å². The summed E-state index contributed by atoms with van der Waals surface area (Å²) in [4.78, 5) is 11.1. The Balaban J connectivity index is 2.33. The summed E-state index contributed by atoms with van der Waals surface area (Å²) in [6.07, 6.45) is 0.896. The van der Waals surface area contributed by atoms with E-state index in [1.165, 1.54) is 12.1 Å². The number of carbonyl (C=O) groups is 1. The van der Waals surface area contributed by atoms with Gasteiger partial charge in [0.2, 0.25) is 0 Å². The van der Waals surface area contributed by atoms with Crippen LogP contribution in [0.2, 0.25) is 0 Å². The van der Waals surface area contributed by atoms with Gasteiger partial charge < -0.3 is 10.6 Å². The van der Waals surface area contributed by atoms with Gasteiger partial charge in [-0.2, -0.15) is 0 Å². The van der Waals surface area contributed by atoms with Crippen molar-refractivity contribution in [3.8, 4) is 0 Å². The molecule has 4 heteroatoms. The molecule has 0 aliphatic rings. The number of hydrogen-bond acceptors (Lipinski definition) is 1. The molecular weight excluding hydrogens is 195 g/mol. The fourth-order valence-electron chi connectivity index (χ4n) is 1.13. The second kappa shape index (κ2) is 6.01. The highest BCUT2D eigenvalue weighted by atomic mass is 19.1. The fourth-order valence-corrected chi connectivity index (χ4v) is 1.13. The molecule has 0 radical (unpaired) electrons. The average Bonchev–Trinajstić information content (AvgIpc) is 2.23. The lowest BCUT2D eigenvalue weighted by Gasteiger charge is -2.06. The van der Waals surface area contributed by atoms with Crippen molar-refractivity contribution >= 4 is 6.03 Å². The summed E-state index contributed by atoms with van der Waals surface area (Å²) < 4.78 is 12.8. The first-order chi connectivity index (χ1) is 7.22. The average molecular weight is 210 g/mol. The van der Waals surface area contributed by atoms with E-state index in [4.69, 9.17) is 0 Å².